The average molecular weight is 738 g/mol. The number of rotatable bonds is 20. The van der Waals surface area contributed by atoms with Gasteiger partial charge in [-0.2, -0.15) is 10.4 Å². The number of nitrogens with one attached hydrogen (secondary N) is 2. The minimum Gasteiger partial charge on any atom is -0.465 e. The van der Waals surface area contributed by atoms with E-state index in [2.05, 4.69) is 20.3 Å². The Morgan fingerprint density at radius 3 is 2.10 bits per heavy atom. The number of nitrogens with zero attached hydrogens (tertiary/aromatic N) is 4. The first kappa shape index (κ1) is 41.3. The standard InChI is InChI=1S/C32H48N7O11P/c1-7-11-13-24(40)48-27-26(22-15-16-23-29(34)35-19-36-39(22)23)50-32(17-33,28(27)49-25(41)14-12-8-2)18-47-51(44,37-20(5)30(42)45-9-3)38-21(6)31(43)46-10-4/h15-16,19-21,26-28H,7-14,18H2,1-6H3,(H2,34,35,36)(H2,37,38,44)/t20?,21?,26-,27-,28-,32+,51?/m0/s1. The number of hydrogen-bond acceptors (Lipinski definition) is 15. The molecule has 18 nitrogen and oxygen atoms in total. The predicted molar refractivity (Wildman–Crippen MR) is 180 cm³/mol. The summed E-state index contributed by atoms with van der Waals surface area (Å²) in [6.45, 7) is 8.87. The topological polar surface area (TPSA) is 245 Å². The van der Waals surface area contributed by atoms with E-state index in [-0.39, 0.29) is 37.6 Å². The third-order valence-electron chi connectivity index (χ3n) is 7.85. The van der Waals surface area contributed by atoms with Gasteiger partial charge in [0.1, 0.15) is 42.7 Å². The SMILES string of the molecule is CCCCC(=O)O[C@H]1[C@H](c2ccc3c(N)ncnn23)O[C@](C#N)(COP(=O)(NC(C)C(=O)OCC)NC(C)C(=O)OCC)[C@H]1OC(=O)CCCC. The Morgan fingerprint density at radius 2 is 1.57 bits per heavy atom. The van der Waals surface area contributed by atoms with Gasteiger partial charge in [-0.05, 0) is 52.7 Å². The highest BCUT2D eigenvalue weighted by atomic mass is 31.2. The second-order valence-corrected chi connectivity index (χ2v) is 13.7. The molecule has 0 amide bonds. The van der Waals surface area contributed by atoms with Gasteiger partial charge >= 0.3 is 31.5 Å². The van der Waals surface area contributed by atoms with Crippen LogP contribution in [0, 0.1) is 11.3 Å². The van der Waals surface area contributed by atoms with Crippen LogP contribution >= 0.6 is 7.67 Å². The first-order chi connectivity index (χ1) is 24.3. The van der Waals surface area contributed by atoms with Crippen LogP contribution in [-0.4, -0.2) is 88.2 Å². The predicted octanol–water partition coefficient (Wildman–Crippen LogP) is 3.06. The van der Waals surface area contributed by atoms with Gasteiger partial charge in [-0.25, -0.2) is 19.7 Å². The van der Waals surface area contributed by atoms with E-state index in [1.807, 2.05) is 19.9 Å². The molecule has 1 fully saturated rings. The third kappa shape index (κ3) is 10.5. The Labute approximate surface area is 296 Å². The van der Waals surface area contributed by atoms with Crippen molar-refractivity contribution in [3.63, 3.8) is 0 Å². The van der Waals surface area contributed by atoms with Crippen LogP contribution < -0.4 is 15.9 Å². The van der Waals surface area contributed by atoms with Gasteiger partial charge in [-0.1, -0.05) is 26.7 Å². The number of aromatic nitrogens is 3. The highest BCUT2D eigenvalue weighted by molar-refractivity contribution is 7.54. The molecule has 51 heavy (non-hydrogen) atoms. The maximum absolute atomic E-state index is 14.4. The van der Waals surface area contributed by atoms with Gasteiger partial charge in [0.15, 0.2) is 18.0 Å². The summed E-state index contributed by atoms with van der Waals surface area (Å²) < 4.78 is 49.9. The molecule has 282 valence electrons. The number of nitrogen functional groups attached to an aromatic ring is 1. The van der Waals surface area contributed by atoms with E-state index in [9.17, 15) is 29.0 Å². The van der Waals surface area contributed by atoms with Crippen molar-refractivity contribution in [2.75, 3.05) is 25.6 Å². The van der Waals surface area contributed by atoms with E-state index in [4.69, 9.17) is 33.9 Å². The van der Waals surface area contributed by atoms with Crippen molar-refractivity contribution in [3.8, 4) is 6.07 Å². The van der Waals surface area contributed by atoms with Gasteiger partial charge in [0, 0.05) is 12.8 Å². The molecule has 4 N–H and O–H groups in total. The quantitative estimate of drug-likeness (QED) is 0.100. The Morgan fingerprint density at radius 1 is 1.00 bits per heavy atom. The summed E-state index contributed by atoms with van der Waals surface area (Å²) in [6, 6.07) is 2.75. The normalized spacial score (nSPS) is 22.3. The van der Waals surface area contributed by atoms with Crippen LogP contribution in [0.25, 0.3) is 5.52 Å². The number of nitrogens with two attached hydrogens (primary N) is 1. The lowest BCUT2D eigenvalue weighted by molar-refractivity contribution is -0.169. The van der Waals surface area contributed by atoms with E-state index in [1.54, 1.807) is 26.0 Å². The second-order valence-electron chi connectivity index (χ2n) is 11.8. The van der Waals surface area contributed by atoms with Gasteiger partial charge in [-0.3, -0.25) is 23.7 Å². The second kappa shape index (κ2) is 18.9. The number of carbonyl (C=O) groups excluding carboxylic acids is 4. The maximum Gasteiger partial charge on any atom is 0.342 e. The molecule has 19 heteroatoms. The summed E-state index contributed by atoms with van der Waals surface area (Å²) in [5.41, 5.74) is 4.44. The summed E-state index contributed by atoms with van der Waals surface area (Å²) >= 11 is 0. The third-order valence-corrected chi connectivity index (χ3v) is 9.80. The molecule has 3 heterocycles. The van der Waals surface area contributed by atoms with E-state index in [0.717, 1.165) is 0 Å². The number of esters is 4. The Hall–Kier alpha value is -4.14. The number of ether oxygens (including phenoxy) is 5. The molecular weight excluding hydrogens is 689 g/mol. The molecule has 0 aromatic carbocycles. The molecule has 1 aliphatic heterocycles. The minimum absolute atomic E-state index is 0.0237. The van der Waals surface area contributed by atoms with Gasteiger partial charge in [0.25, 0.3) is 0 Å². The van der Waals surface area contributed by atoms with Crippen molar-refractivity contribution in [1.82, 2.24) is 24.8 Å². The molecule has 6 atom stereocenters. The smallest absolute Gasteiger partial charge is 0.342 e. The van der Waals surface area contributed by atoms with Crippen LogP contribution in [0.2, 0.25) is 0 Å². The molecule has 1 saturated heterocycles. The van der Waals surface area contributed by atoms with Crippen LogP contribution in [0.15, 0.2) is 18.5 Å². The number of carbonyl (C=O) groups is 4. The maximum atomic E-state index is 14.4. The minimum atomic E-state index is -4.48. The van der Waals surface area contributed by atoms with Crippen LogP contribution in [0.3, 0.4) is 0 Å². The van der Waals surface area contributed by atoms with Crippen LogP contribution in [0.4, 0.5) is 5.82 Å². The molecule has 1 aliphatic rings. The average Bonchev–Trinajstić information content (AvgIpc) is 3.65. The fourth-order valence-electron chi connectivity index (χ4n) is 5.23. The van der Waals surface area contributed by atoms with Gasteiger partial charge < -0.3 is 33.9 Å². The van der Waals surface area contributed by atoms with Crippen molar-refractivity contribution >= 4 is 42.9 Å². The number of anilines is 1. The van der Waals surface area contributed by atoms with Crippen molar-refractivity contribution in [3.05, 3.63) is 24.2 Å². The molecule has 0 aliphatic carbocycles. The van der Waals surface area contributed by atoms with Crippen molar-refractivity contribution in [2.45, 2.75) is 116 Å². The zero-order chi connectivity index (χ0) is 37.8. The Balaban J connectivity index is 2.13. The zero-order valence-corrected chi connectivity index (χ0v) is 30.7. The number of nitriles is 1. The van der Waals surface area contributed by atoms with E-state index in [1.165, 1.54) is 24.7 Å². The van der Waals surface area contributed by atoms with Crippen molar-refractivity contribution in [1.29, 1.82) is 5.26 Å². The lowest BCUT2D eigenvalue weighted by Gasteiger charge is -2.31. The first-order valence-corrected chi connectivity index (χ1v) is 18.6. The highest BCUT2D eigenvalue weighted by Crippen LogP contribution is 2.48. The lowest BCUT2D eigenvalue weighted by Crippen LogP contribution is -2.50. The molecule has 0 radical (unpaired) electrons. The summed E-state index contributed by atoms with van der Waals surface area (Å²) in [5, 5.41) is 20.1. The fraction of sp³-hybridized carbons (Fsp3) is 0.656. The van der Waals surface area contributed by atoms with Gasteiger partial charge in [0.2, 0.25) is 5.60 Å². The molecule has 2 aromatic heterocycles. The van der Waals surface area contributed by atoms with Crippen LogP contribution in [0.1, 0.15) is 91.9 Å². The monoisotopic (exact) mass is 737 g/mol. The number of fused-ring (bicyclic) bond motifs is 1. The largest absolute Gasteiger partial charge is 0.465 e. The Bertz CT molecular complexity index is 1590. The van der Waals surface area contributed by atoms with E-state index in [0.29, 0.717) is 31.2 Å². The zero-order valence-electron chi connectivity index (χ0n) is 29.8. The van der Waals surface area contributed by atoms with E-state index < -0.39 is 74.2 Å². The molecule has 0 spiro atoms. The Kier molecular flexibility index (Phi) is 15.3. The van der Waals surface area contributed by atoms with Crippen molar-refractivity contribution in [2.24, 2.45) is 0 Å². The highest BCUT2D eigenvalue weighted by Gasteiger charge is 2.62. The van der Waals surface area contributed by atoms with Crippen LogP contribution in [-0.2, 0) is 52.0 Å². The first-order valence-electron chi connectivity index (χ1n) is 17.0. The molecular formula is C32H48N7O11P. The summed E-state index contributed by atoms with van der Waals surface area (Å²) in [4.78, 5) is 55.4. The number of hydrogen-bond donors (Lipinski definition) is 3. The summed E-state index contributed by atoms with van der Waals surface area (Å²) in [7, 11) is -4.48. The lowest BCUT2D eigenvalue weighted by atomic mass is 9.95. The number of unbranched alkanes of at least 4 members (excludes halogenated alkanes) is 2. The molecule has 0 bridgehead atoms. The van der Waals surface area contributed by atoms with Gasteiger partial charge in [-0.15, -0.1) is 0 Å². The molecule has 2 unspecified atom stereocenters. The van der Waals surface area contributed by atoms with E-state index >= 15 is 0 Å². The van der Waals surface area contributed by atoms with Gasteiger partial charge in [0.05, 0.1) is 18.9 Å². The summed E-state index contributed by atoms with van der Waals surface area (Å²) in [6.07, 6.45) is -0.815. The molecule has 3 rings (SSSR count). The molecule has 2 aromatic rings. The summed E-state index contributed by atoms with van der Waals surface area (Å²) in [5.74, 6) is -2.77. The fourth-order valence-corrected chi connectivity index (χ4v) is 7.06. The van der Waals surface area contributed by atoms with Crippen molar-refractivity contribution < 1.29 is 52.0 Å². The van der Waals surface area contributed by atoms with Crippen LogP contribution in [0.5, 0.6) is 0 Å². The molecule has 0 saturated carbocycles.